The fraction of sp³-hybridized carbons (Fsp3) is 0.278. The van der Waals surface area contributed by atoms with Gasteiger partial charge < -0.3 is 9.52 Å². The van der Waals surface area contributed by atoms with Gasteiger partial charge in [-0.1, -0.05) is 18.2 Å². The summed E-state index contributed by atoms with van der Waals surface area (Å²) in [5.41, 5.74) is 1.57. The molecular formula is C18H18ClNO5S. The van der Waals surface area contributed by atoms with E-state index in [1.165, 1.54) is 25.3 Å². The quantitative estimate of drug-likeness (QED) is 0.710. The number of nitrogens with one attached hydrogen (secondary N) is 1. The maximum absolute atomic E-state index is 12.4. The molecule has 1 heterocycles. The smallest absolute Gasteiger partial charge is 0.340 e. The fourth-order valence-electron chi connectivity index (χ4n) is 2.90. The minimum atomic E-state index is -3.57. The number of alkyl halides is 1. The summed E-state index contributed by atoms with van der Waals surface area (Å²) < 4.78 is 31.5. The fourth-order valence-corrected chi connectivity index (χ4v) is 3.90. The van der Waals surface area contributed by atoms with E-state index >= 15 is 0 Å². The van der Waals surface area contributed by atoms with Crippen LogP contribution in [0.4, 0.5) is 0 Å². The summed E-state index contributed by atoms with van der Waals surface area (Å²) in [5, 5.41) is 9.86. The average Bonchev–Trinajstić information content (AvgIpc) is 2.61. The van der Waals surface area contributed by atoms with E-state index in [1.54, 1.807) is 25.1 Å². The summed E-state index contributed by atoms with van der Waals surface area (Å²) in [6.45, 7) is 1.78. The third-order valence-electron chi connectivity index (χ3n) is 4.40. The molecule has 2 aromatic rings. The minimum absolute atomic E-state index is 0.126. The monoisotopic (exact) mass is 395 g/mol. The van der Waals surface area contributed by atoms with E-state index in [9.17, 15) is 18.3 Å². The second-order valence-corrected chi connectivity index (χ2v) is 8.46. The number of aliphatic hydroxyl groups is 1. The Morgan fingerprint density at radius 3 is 2.73 bits per heavy atom. The SMILES string of the molecule is CNS(=O)(=O)c1cccc(Cc2c(C)c3c(oc2=O)=CC(O)C(Cl)C=3)c1. The maximum atomic E-state index is 12.4. The number of hydrogen-bond donors (Lipinski definition) is 2. The minimum Gasteiger partial charge on any atom is -0.423 e. The molecular weight excluding hydrogens is 378 g/mol. The summed E-state index contributed by atoms with van der Waals surface area (Å²) in [6, 6.07) is 6.38. The number of hydrogen-bond acceptors (Lipinski definition) is 5. The first-order valence-electron chi connectivity index (χ1n) is 7.94. The third kappa shape index (κ3) is 3.48. The first kappa shape index (κ1) is 18.8. The molecule has 26 heavy (non-hydrogen) atoms. The molecule has 8 heteroatoms. The number of sulfonamides is 1. The van der Waals surface area contributed by atoms with Gasteiger partial charge >= 0.3 is 5.63 Å². The van der Waals surface area contributed by atoms with Crippen LogP contribution in [0.15, 0.2) is 38.4 Å². The summed E-state index contributed by atoms with van der Waals surface area (Å²) in [7, 11) is -2.23. The molecule has 1 aliphatic carbocycles. The lowest BCUT2D eigenvalue weighted by Crippen LogP contribution is -2.41. The molecule has 3 rings (SSSR count). The van der Waals surface area contributed by atoms with Crippen molar-refractivity contribution < 1.29 is 17.9 Å². The maximum Gasteiger partial charge on any atom is 0.340 e. The van der Waals surface area contributed by atoms with E-state index in [-0.39, 0.29) is 11.3 Å². The summed E-state index contributed by atoms with van der Waals surface area (Å²) in [6.07, 6.45) is 2.38. The molecule has 0 amide bonds. The molecule has 6 nitrogen and oxygen atoms in total. The zero-order valence-corrected chi connectivity index (χ0v) is 15.8. The van der Waals surface area contributed by atoms with E-state index in [2.05, 4.69) is 4.72 Å². The number of aliphatic hydroxyl groups excluding tert-OH is 1. The van der Waals surface area contributed by atoms with Crippen molar-refractivity contribution in [3.63, 3.8) is 0 Å². The Bertz CT molecular complexity index is 1140. The number of rotatable bonds is 4. The Balaban J connectivity index is 2.10. The van der Waals surface area contributed by atoms with Crippen molar-refractivity contribution in [2.24, 2.45) is 0 Å². The third-order valence-corrected chi connectivity index (χ3v) is 6.20. The van der Waals surface area contributed by atoms with Crippen LogP contribution in [0.2, 0.25) is 0 Å². The van der Waals surface area contributed by atoms with Crippen LogP contribution in [0.5, 0.6) is 0 Å². The molecule has 0 saturated carbocycles. The molecule has 2 unspecified atom stereocenters. The molecule has 0 spiro atoms. The average molecular weight is 396 g/mol. The molecule has 138 valence electrons. The van der Waals surface area contributed by atoms with Crippen molar-refractivity contribution >= 4 is 33.8 Å². The molecule has 2 atom stereocenters. The van der Waals surface area contributed by atoms with Crippen molar-refractivity contribution in [2.45, 2.75) is 29.7 Å². The number of benzene rings is 1. The highest BCUT2D eigenvalue weighted by Crippen LogP contribution is 2.15. The van der Waals surface area contributed by atoms with Crippen molar-refractivity contribution in [3.8, 4) is 0 Å². The topological polar surface area (TPSA) is 96.6 Å². The molecule has 0 fully saturated rings. The highest BCUT2D eigenvalue weighted by Gasteiger charge is 2.19. The van der Waals surface area contributed by atoms with Crippen LogP contribution < -0.4 is 21.0 Å². The second-order valence-electron chi connectivity index (χ2n) is 6.07. The van der Waals surface area contributed by atoms with E-state index in [0.717, 1.165) is 0 Å². The Morgan fingerprint density at radius 2 is 2.04 bits per heavy atom. The Labute approximate surface area is 155 Å². The predicted octanol–water partition coefficient (Wildman–Crippen LogP) is -0.00998. The summed E-state index contributed by atoms with van der Waals surface area (Å²) in [4.78, 5) is 12.5. The molecule has 1 aromatic carbocycles. The van der Waals surface area contributed by atoms with Crippen LogP contribution in [-0.4, -0.2) is 32.1 Å². The lowest BCUT2D eigenvalue weighted by molar-refractivity contribution is 0.244. The predicted molar refractivity (Wildman–Crippen MR) is 99.0 cm³/mol. The van der Waals surface area contributed by atoms with Gasteiger partial charge in [-0.15, -0.1) is 11.6 Å². The first-order valence-corrected chi connectivity index (χ1v) is 9.86. The van der Waals surface area contributed by atoms with Crippen LogP contribution in [0, 0.1) is 6.92 Å². The molecule has 0 bridgehead atoms. The van der Waals surface area contributed by atoms with E-state index in [4.69, 9.17) is 16.0 Å². The van der Waals surface area contributed by atoms with Crippen LogP contribution in [0.3, 0.4) is 0 Å². The molecule has 0 radical (unpaired) electrons. The van der Waals surface area contributed by atoms with Crippen molar-refractivity contribution in [1.29, 1.82) is 0 Å². The Morgan fingerprint density at radius 1 is 1.31 bits per heavy atom. The van der Waals surface area contributed by atoms with Gasteiger partial charge in [0.2, 0.25) is 10.0 Å². The molecule has 2 N–H and O–H groups in total. The molecule has 0 aliphatic heterocycles. The van der Waals surface area contributed by atoms with Gasteiger partial charge in [0.25, 0.3) is 0 Å². The van der Waals surface area contributed by atoms with Crippen molar-refractivity contribution in [3.05, 3.63) is 62.0 Å². The first-order chi connectivity index (χ1) is 12.2. The van der Waals surface area contributed by atoms with Gasteiger partial charge in [-0.3, -0.25) is 0 Å². The molecule has 1 aromatic heterocycles. The van der Waals surface area contributed by atoms with Gasteiger partial charge in [-0.05, 0) is 43.3 Å². The summed E-state index contributed by atoms with van der Waals surface area (Å²) in [5.74, 6) is 0. The number of halogens is 1. The zero-order valence-electron chi connectivity index (χ0n) is 14.2. The van der Waals surface area contributed by atoms with Gasteiger partial charge in [-0.2, -0.15) is 0 Å². The standard InChI is InChI=1S/C18H18ClNO5S/c1-10-13-8-15(19)16(21)9-17(13)25-18(22)14(10)7-11-4-3-5-12(6-11)26(23,24)20-2/h3-6,8-9,15-16,20-21H,7H2,1-2H3. The van der Waals surface area contributed by atoms with Crippen LogP contribution in [0.1, 0.15) is 16.7 Å². The van der Waals surface area contributed by atoms with E-state index in [1.807, 2.05) is 0 Å². The van der Waals surface area contributed by atoms with Crippen LogP contribution >= 0.6 is 11.6 Å². The Hall–Kier alpha value is -1.93. The lowest BCUT2D eigenvalue weighted by Gasteiger charge is -2.15. The zero-order chi connectivity index (χ0) is 19.1. The van der Waals surface area contributed by atoms with E-state index in [0.29, 0.717) is 27.3 Å². The highest BCUT2D eigenvalue weighted by molar-refractivity contribution is 7.89. The van der Waals surface area contributed by atoms with Crippen molar-refractivity contribution in [2.75, 3.05) is 7.05 Å². The van der Waals surface area contributed by atoms with Crippen LogP contribution in [-0.2, 0) is 16.4 Å². The Kier molecular flexibility index (Phi) is 5.07. The number of fused-ring (bicyclic) bond motifs is 1. The van der Waals surface area contributed by atoms with Gasteiger partial charge in [0.05, 0.1) is 16.4 Å². The van der Waals surface area contributed by atoms with Crippen molar-refractivity contribution in [1.82, 2.24) is 4.72 Å². The molecule has 0 saturated heterocycles. The van der Waals surface area contributed by atoms with Gasteiger partial charge in [0.15, 0.2) is 0 Å². The largest absolute Gasteiger partial charge is 0.423 e. The molecule has 1 aliphatic rings. The van der Waals surface area contributed by atoms with Crippen LogP contribution in [0.25, 0.3) is 12.2 Å². The van der Waals surface area contributed by atoms with Gasteiger partial charge in [0, 0.05) is 17.2 Å². The van der Waals surface area contributed by atoms with E-state index < -0.39 is 27.1 Å². The summed E-state index contributed by atoms with van der Waals surface area (Å²) >= 11 is 6.08. The van der Waals surface area contributed by atoms with Gasteiger partial charge in [0.1, 0.15) is 5.42 Å². The highest BCUT2D eigenvalue weighted by atomic mass is 35.5. The lowest BCUT2D eigenvalue weighted by atomic mass is 9.99. The normalized spacial score (nSPS) is 19.4. The van der Waals surface area contributed by atoms with Gasteiger partial charge in [-0.25, -0.2) is 17.9 Å². The second kappa shape index (κ2) is 7.00.